The van der Waals surface area contributed by atoms with Gasteiger partial charge in [-0.3, -0.25) is 4.90 Å². The lowest BCUT2D eigenvalue weighted by atomic mass is 10.1. The quantitative estimate of drug-likeness (QED) is 0.805. The van der Waals surface area contributed by atoms with E-state index in [1.54, 1.807) is 4.68 Å². The Kier molecular flexibility index (Phi) is 4.15. The first kappa shape index (κ1) is 14.0. The normalized spacial score (nSPS) is 17.8. The molecule has 6 nitrogen and oxygen atoms in total. The third-order valence-electron chi connectivity index (χ3n) is 3.84. The summed E-state index contributed by atoms with van der Waals surface area (Å²) in [5.74, 6) is -0.255. The Labute approximate surface area is 123 Å². The van der Waals surface area contributed by atoms with Crippen LogP contribution in [0.2, 0.25) is 0 Å². The molecule has 1 fully saturated rings. The highest BCUT2D eigenvalue weighted by molar-refractivity contribution is 5.79. The third kappa shape index (κ3) is 2.76. The van der Waals surface area contributed by atoms with E-state index in [0.29, 0.717) is 6.61 Å². The van der Waals surface area contributed by atoms with Gasteiger partial charge in [0.15, 0.2) is 0 Å². The summed E-state index contributed by atoms with van der Waals surface area (Å²) >= 11 is 0. The highest BCUT2D eigenvalue weighted by atomic mass is 16.5. The van der Waals surface area contributed by atoms with Crippen molar-refractivity contribution in [3.8, 4) is 0 Å². The zero-order chi connectivity index (χ0) is 14.7. The van der Waals surface area contributed by atoms with Crippen LogP contribution in [0.15, 0.2) is 24.3 Å². The van der Waals surface area contributed by atoms with E-state index >= 15 is 0 Å². The van der Waals surface area contributed by atoms with Crippen LogP contribution in [0.4, 0.5) is 0 Å². The van der Waals surface area contributed by atoms with Crippen LogP contribution in [0.3, 0.4) is 0 Å². The molecule has 1 aliphatic rings. The number of ether oxygens (including phenoxy) is 1. The van der Waals surface area contributed by atoms with Gasteiger partial charge in [0, 0.05) is 13.1 Å². The Morgan fingerprint density at radius 3 is 2.81 bits per heavy atom. The Morgan fingerprint density at radius 2 is 2.05 bits per heavy atom. The summed E-state index contributed by atoms with van der Waals surface area (Å²) in [5, 5.41) is 8.35. The fraction of sp³-hybridized carbons (Fsp3) is 0.533. The molecule has 1 aromatic heterocycles. The van der Waals surface area contributed by atoms with Gasteiger partial charge < -0.3 is 4.74 Å². The zero-order valence-corrected chi connectivity index (χ0v) is 12.2. The second-order valence-electron chi connectivity index (χ2n) is 5.25. The van der Waals surface area contributed by atoms with Gasteiger partial charge in [-0.15, -0.1) is 5.10 Å². The SMILES string of the molecule is CCOC(=O)C(N1CCCCC1)n1nnc2ccccc21. The van der Waals surface area contributed by atoms with E-state index in [4.69, 9.17) is 4.74 Å². The number of para-hydroxylation sites is 1. The van der Waals surface area contributed by atoms with Crippen LogP contribution in [0, 0.1) is 0 Å². The largest absolute Gasteiger partial charge is 0.463 e. The molecule has 0 N–H and O–H groups in total. The van der Waals surface area contributed by atoms with Crippen molar-refractivity contribution in [1.29, 1.82) is 0 Å². The molecule has 1 aromatic carbocycles. The number of carbonyl (C=O) groups is 1. The number of carbonyl (C=O) groups excluding carboxylic acids is 1. The molecule has 6 heteroatoms. The summed E-state index contributed by atoms with van der Waals surface area (Å²) in [6, 6.07) is 7.69. The lowest BCUT2D eigenvalue weighted by molar-refractivity contribution is -0.154. The fourth-order valence-electron chi connectivity index (χ4n) is 2.85. The number of benzene rings is 1. The van der Waals surface area contributed by atoms with E-state index in [1.807, 2.05) is 31.2 Å². The van der Waals surface area contributed by atoms with E-state index < -0.39 is 6.17 Å². The summed E-state index contributed by atoms with van der Waals surface area (Å²) in [6.45, 7) is 3.97. The number of fused-ring (bicyclic) bond motifs is 1. The van der Waals surface area contributed by atoms with Gasteiger partial charge in [-0.05, 0) is 31.9 Å². The van der Waals surface area contributed by atoms with Crippen molar-refractivity contribution < 1.29 is 9.53 Å². The summed E-state index contributed by atoms with van der Waals surface area (Å²) in [7, 11) is 0. The van der Waals surface area contributed by atoms with Gasteiger partial charge in [0.1, 0.15) is 5.52 Å². The Bertz CT molecular complexity index is 619. The van der Waals surface area contributed by atoms with Crippen molar-refractivity contribution in [1.82, 2.24) is 19.9 Å². The standard InChI is InChI=1S/C15H20N4O2/c1-2-21-15(20)14(18-10-6-3-7-11-18)19-13-9-5-4-8-12(13)16-17-19/h4-5,8-9,14H,2-3,6-7,10-11H2,1H3. The highest BCUT2D eigenvalue weighted by Crippen LogP contribution is 2.23. The van der Waals surface area contributed by atoms with Gasteiger partial charge in [-0.25, -0.2) is 9.48 Å². The van der Waals surface area contributed by atoms with Gasteiger partial charge in [0.25, 0.3) is 0 Å². The van der Waals surface area contributed by atoms with Crippen molar-refractivity contribution >= 4 is 17.0 Å². The topological polar surface area (TPSA) is 60.2 Å². The maximum atomic E-state index is 12.4. The molecular formula is C15H20N4O2. The van der Waals surface area contributed by atoms with Crippen molar-refractivity contribution in [2.24, 2.45) is 0 Å². The van der Waals surface area contributed by atoms with Crippen molar-refractivity contribution in [2.45, 2.75) is 32.4 Å². The predicted molar refractivity (Wildman–Crippen MR) is 78.6 cm³/mol. The monoisotopic (exact) mass is 288 g/mol. The molecule has 0 radical (unpaired) electrons. The van der Waals surface area contributed by atoms with Gasteiger partial charge in [0.2, 0.25) is 6.17 Å². The Balaban J connectivity index is 1.99. The summed E-state index contributed by atoms with van der Waals surface area (Å²) < 4.78 is 6.95. The summed E-state index contributed by atoms with van der Waals surface area (Å²) in [4.78, 5) is 14.6. The first-order valence-electron chi connectivity index (χ1n) is 7.52. The molecular weight excluding hydrogens is 268 g/mol. The molecule has 0 bridgehead atoms. The molecule has 0 aliphatic carbocycles. The van der Waals surface area contributed by atoms with Crippen molar-refractivity contribution in [3.05, 3.63) is 24.3 Å². The number of aromatic nitrogens is 3. The third-order valence-corrected chi connectivity index (χ3v) is 3.84. The van der Waals surface area contributed by atoms with Gasteiger partial charge in [0.05, 0.1) is 12.1 Å². The summed E-state index contributed by atoms with van der Waals surface area (Å²) in [5.41, 5.74) is 1.66. The van der Waals surface area contributed by atoms with E-state index in [0.717, 1.165) is 37.0 Å². The average Bonchev–Trinajstić information content (AvgIpc) is 2.93. The van der Waals surface area contributed by atoms with Crippen LogP contribution >= 0.6 is 0 Å². The fourth-order valence-corrected chi connectivity index (χ4v) is 2.85. The lowest BCUT2D eigenvalue weighted by Gasteiger charge is -2.32. The molecule has 1 atom stereocenters. The molecule has 1 saturated heterocycles. The molecule has 0 amide bonds. The van der Waals surface area contributed by atoms with Crippen LogP contribution in [-0.4, -0.2) is 45.6 Å². The second kappa shape index (κ2) is 6.22. The minimum Gasteiger partial charge on any atom is -0.463 e. The Morgan fingerprint density at radius 1 is 1.29 bits per heavy atom. The van der Waals surface area contributed by atoms with Gasteiger partial charge >= 0.3 is 5.97 Å². The molecule has 112 valence electrons. The average molecular weight is 288 g/mol. The highest BCUT2D eigenvalue weighted by Gasteiger charge is 2.32. The molecule has 2 heterocycles. The van der Waals surface area contributed by atoms with Crippen LogP contribution in [-0.2, 0) is 9.53 Å². The van der Waals surface area contributed by atoms with Crippen LogP contribution in [0.25, 0.3) is 11.0 Å². The lowest BCUT2D eigenvalue weighted by Crippen LogP contribution is -2.42. The second-order valence-corrected chi connectivity index (χ2v) is 5.25. The van der Waals surface area contributed by atoms with E-state index in [2.05, 4.69) is 15.2 Å². The maximum Gasteiger partial charge on any atom is 0.346 e. The number of likely N-dealkylation sites (tertiary alicyclic amines) is 1. The molecule has 1 aliphatic heterocycles. The molecule has 2 aromatic rings. The first-order chi connectivity index (χ1) is 10.3. The van der Waals surface area contributed by atoms with E-state index in [9.17, 15) is 4.79 Å². The smallest absolute Gasteiger partial charge is 0.346 e. The predicted octanol–water partition coefficient (Wildman–Crippen LogP) is 1.98. The van der Waals surface area contributed by atoms with Gasteiger partial charge in [-0.2, -0.15) is 0 Å². The van der Waals surface area contributed by atoms with E-state index in [1.165, 1.54) is 6.42 Å². The van der Waals surface area contributed by atoms with E-state index in [-0.39, 0.29) is 5.97 Å². The number of hydrogen-bond acceptors (Lipinski definition) is 5. The molecule has 21 heavy (non-hydrogen) atoms. The molecule has 3 rings (SSSR count). The maximum absolute atomic E-state index is 12.4. The molecule has 1 unspecified atom stereocenters. The number of esters is 1. The van der Waals surface area contributed by atoms with Crippen LogP contribution in [0.1, 0.15) is 32.4 Å². The number of nitrogens with zero attached hydrogens (tertiary/aromatic N) is 4. The minimum absolute atomic E-state index is 0.255. The number of piperidine rings is 1. The first-order valence-corrected chi connectivity index (χ1v) is 7.52. The number of rotatable bonds is 4. The zero-order valence-electron chi connectivity index (χ0n) is 12.2. The van der Waals surface area contributed by atoms with Crippen molar-refractivity contribution in [3.63, 3.8) is 0 Å². The Hall–Kier alpha value is -1.95. The number of hydrogen-bond donors (Lipinski definition) is 0. The van der Waals surface area contributed by atoms with Crippen molar-refractivity contribution in [2.75, 3.05) is 19.7 Å². The van der Waals surface area contributed by atoms with Crippen LogP contribution in [0.5, 0.6) is 0 Å². The molecule has 0 saturated carbocycles. The summed E-state index contributed by atoms with van der Waals surface area (Å²) in [6.07, 6.45) is 2.90. The molecule has 0 spiro atoms. The van der Waals surface area contributed by atoms with Crippen LogP contribution < -0.4 is 0 Å². The van der Waals surface area contributed by atoms with Gasteiger partial charge in [-0.1, -0.05) is 23.8 Å². The minimum atomic E-state index is -0.516.